The van der Waals surface area contributed by atoms with Gasteiger partial charge in [0, 0.05) is 18.1 Å². The summed E-state index contributed by atoms with van der Waals surface area (Å²) in [6.07, 6.45) is 1.91. The number of aromatic nitrogens is 1. The molecule has 3 rings (SSSR count). The van der Waals surface area contributed by atoms with Crippen LogP contribution in [0, 0.1) is 17.5 Å². The molecular weight excluding hydrogens is 381 g/mol. The minimum absolute atomic E-state index is 0.0705. The van der Waals surface area contributed by atoms with Gasteiger partial charge in [0.2, 0.25) is 10.0 Å². The number of nitrogens with zero attached hydrogens (tertiary/aromatic N) is 1. The van der Waals surface area contributed by atoms with E-state index in [1.807, 2.05) is 18.2 Å². The smallest absolute Gasteiger partial charge is 0.243 e. The van der Waals surface area contributed by atoms with Gasteiger partial charge in [0.05, 0.1) is 6.61 Å². The Morgan fingerprint density at radius 2 is 1.78 bits per heavy atom. The molecule has 3 aromatic rings. The van der Waals surface area contributed by atoms with E-state index < -0.39 is 32.4 Å². The molecule has 0 amide bonds. The Labute approximate surface area is 153 Å². The van der Waals surface area contributed by atoms with E-state index in [4.69, 9.17) is 4.74 Å². The van der Waals surface area contributed by atoms with Crippen LogP contribution in [-0.2, 0) is 10.0 Å². The van der Waals surface area contributed by atoms with E-state index in [0.717, 1.165) is 5.39 Å². The number of benzene rings is 2. The molecule has 1 heterocycles. The Morgan fingerprint density at radius 1 is 1.00 bits per heavy atom. The van der Waals surface area contributed by atoms with Crippen LogP contribution in [0.2, 0.25) is 0 Å². The van der Waals surface area contributed by atoms with Crippen LogP contribution in [0.25, 0.3) is 10.9 Å². The van der Waals surface area contributed by atoms with Crippen molar-refractivity contribution in [3.63, 3.8) is 0 Å². The first-order chi connectivity index (χ1) is 12.9. The topological polar surface area (TPSA) is 68.3 Å². The standard InChI is InChI=1S/C18H15F3N2O3S/c19-13-7-8-15(17(21)16(13)20)27(24,25)23-10-3-11-26-14-6-1-4-12-5-2-9-22-18(12)14/h1-2,4-9,23H,3,10-11H2. The number of pyridine rings is 1. The van der Waals surface area contributed by atoms with E-state index >= 15 is 0 Å². The summed E-state index contributed by atoms with van der Waals surface area (Å²) in [6, 6.07) is 10.4. The third-order valence-electron chi connectivity index (χ3n) is 3.76. The van der Waals surface area contributed by atoms with Crippen LogP contribution in [0.4, 0.5) is 13.2 Å². The second kappa shape index (κ2) is 7.93. The zero-order valence-electron chi connectivity index (χ0n) is 14.0. The summed E-state index contributed by atoms with van der Waals surface area (Å²) in [4.78, 5) is 3.30. The molecule has 0 aliphatic heterocycles. The number of rotatable bonds is 7. The van der Waals surface area contributed by atoms with Crippen molar-refractivity contribution in [1.82, 2.24) is 9.71 Å². The fraction of sp³-hybridized carbons (Fsp3) is 0.167. The summed E-state index contributed by atoms with van der Waals surface area (Å²) < 4.78 is 71.6. The molecule has 9 heteroatoms. The molecule has 1 aromatic heterocycles. The van der Waals surface area contributed by atoms with Crippen molar-refractivity contribution in [2.24, 2.45) is 0 Å². The monoisotopic (exact) mass is 396 g/mol. The molecule has 0 saturated heterocycles. The summed E-state index contributed by atoms with van der Waals surface area (Å²) in [5.74, 6) is -4.48. The normalized spacial score (nSPS) is 11.7. The Kier molecular flexibility index (Phi) is 5.62. The number of fused-ring (bicyclic) bond motifs is 1. The maximum absolute atomic E-state index is 13.6. The zero-order chi connectivity index (χ0) is 19.4. The van der Waals surface area contributed by atoms with Crippen LogP contribution in [0.1, 0.15) is 6.42 Å². The molecule has 0 aliphatic rings. The SMILES string of the molecule is O=S(=O)(NCCCOc1cccc2cccnc12)c1ccc(F)c(F)c1F. The van der Waals surface area contributed by atoms with Crippen molar-refractivity contribution >= 4 is 20.9 Å². The highest BCUT2D eigenvalue weighted by Crippen LogP contribution is 2.23. The maximum atomic E-state index is 13.6. The van der Waals surface area contributed by atoms with Gasteiger partial charge in [0.1, 0.15) is 16.2 Å². The maximum Gasteiger partial charge on any atom is 0.243 e. The van der Waals surface area contributed by atoms with Gasteiger partial charge < -0.3 is 4.74 Å². The molecule has 27 heavy (non-hydrogen) atoms. The van der Waals surface area contributed by atoms with Crippen LogP contribution in [0.15, 0.2) is 53.6 Å². The van der Waals surface area contributed by atoms with Gasteiger partial charge in [-0.25, -0.2) is 26.3 Å². The summed E-state index contributed by atoms with van der Waals surface area (Å²) in [5, 5.41) is 0.907. The van der Waals surface area contributed by atoms with Crippen molar-refractivity contribution in [2.75, 3.05) is 13.2 Å². The van der Waals surface area contributed by atoms with Gasteiger partial charge in [0.25, 0.3) is 0 Å². The number of hydrogen-bond donors (Lipinski definition) is 1. The second-order valence-corrected chi connectivity index (χ2v) is 7.34. The molecule has 0 bridgehead atoms. The lowest BCUT2D eigenvalue weighted by atomic mass is 10.2. The number of sulfonamides is 1. The minimum atomic E-state index is -4.31. The zero-order valence-corrected chi connectivity index (χ0v) is 14.8. The Hall–Kier alpha value is -2.65. The highest BCUT2D eigenvalue weighted by Gasteiger charge is 2.23. The largest absolute Gasteiger partial charge is 0.491 e. The molecule has 0 aliphatic carbocycles. The van der Waals surface area contributed by atoms with Crippen LogP contribution in [0.5, 0.6) is 5.75 Å². The molecule has 0 saturated carbocycles. The van der Waals surface area contributed by atoms with Crippen molar-refractivity contribution in [2.45, 2.75) is 11.3 Å². The van der Waals surface area contributed by atoms with Crippen molar-refractivity contribution in [3.8, 4) is 5.75 Å². The van der Waals surface area contributed by atoms with Gasteiger partial charge in [-0.3, -0.25) is 4.98 Å². The molecule has 1 N–H and O–H groups in total. The van der Waals surface area contributed by atoms with E-state index in [1.165, 1.54) is 0 Å². The first-order valence-electron chi connectivity index (χ1n) is 8.00. The predicted molar refractivity (Wildman–Crippen MR) is 93.4 cm³/mol. The highest BCUT2D eigenvalue weighted by atomic mass is 32.2. The second-order valence-electron chi connectivity index (χ2n) is 5.60. The van der Waals surface area contributed by atoms with E-state index in [0.29, 0.717) is 23.4 Å². The van der Waals surface area contributed by atoms with Gasteiger partial charge in [-0.15, -0.1) is 0 Å². The number of nitrogens with one attached hydrogen (secondary N) is 1. The van der Waals surface area contributed by atoms with E-state index in [-0.39, 0.29) is 19.6 Å². The third kappa shape index (κ3) is 4.20. The minimum Gasteiger partial charge on any atom is -0.491 e. The van der Waals surface area contributed by atoms with Crippen molar-refractivity contribution < 1.29 is 26.3 Å². The van der Waals surface area contributed by atoms with Crippen molar-refractivity contribution in [1.29, 1.82) is 0 Å². The van der Waals surface area contributed by atoms with E-state index in [9.17, 15) is 21.6 Å². The van der Waals surface area contributed by atoms with Crippen LogP contribution >= 0.6 is 0 Å². The summed E-state index contributed by atoms with van der Waals surface area (Å²) in [5.41, 5.74) is 0.685. The lowest BCUT2D eigenvalue weighted by Crippen LogP contribution is -2.27. The number of para-hydroxylation sites is 1. The first-order valence-corrected chi connectivity index (χ1v) is 9.48. The molecule has 0 unspecified atom stereocenters. The third-order valence-corrected chi connectivity index (χ3v) is 5.23. The average molecular weight is 396 g/mol. The van der Waals surface area contributed by atoms with Crippen LogP contribution < -0.4 is 9.46 Å². The quantitative estimate of drug-likeness (QED) is 0.491. The molecule has 0 radical (unpaired) electrons. The number of halogens is 3. The Bertz CT molecular complexity index is 1070. The fourth-order valence-electron chi connectivity index (χ4n) is 2.45. The van der Waals surface area contributed by atoms with E-state index in [2.05, 4.69) is 9.71 Å². The average Bonchev–Trinajstić information content (AvgIpc) is 2.65. The molecule has 0 fully saturated rings. The predicted octanol–water partition coefficient (Wildman–Crippen LogP) is 3.40. The number of ether oxygens (including phenoxy) is 1. The molecule has 2 aromatic carbocycles. The Morgan fingerprint density at radius 3 is 2.59 bits per heavy atom. The van der Waals surface area contributed by atoms with Gasteiger partial charge in [-0.1, -0.05) is 18.2 Å². The number of hydrogen-bond acceptors (Lipinski definition) is 4. The molecule has 0 atom stereocenters. The van der Waals surface area contributed by atoms with Gasteiger partial charge in [-0.05, 0) is 30.7 Å². The lowest BCUT2D eigenvalue weighted by Gasteiger charge is -2.10. The summed E-state index contributed by atoms with van der Waals surface area (Å²) in [7, 11) is -4.31. The molecular formula is C18H15F3N2O3S. The van der Waals surface area contributed by atoms with Gasteiger partial charge in [-0.2, -0.15) is 0 Å². The van der Waals surface area contributed by atoms with Gasteiger partial charge >= 0.3 is 0 Å². The van der Waals surface area contributed by atoms with Crippen LogP contribution in [0.3, 0.4) is 0 Å². The summed E-state index contributed by atoms with van der Waals surface area (Å²) in [6.45, 7) is 0.109. The fourth-order valence-corrected chi connectivity index (χ4v) is 3.59. The molecule has 5 nitrogen and oxygen atoms in total. The first kappa shape index (κ1) is 19.1. The Balaban J connectivity index is 1.58. The highest BCUT2D eigenvalue weighted by molar-refractivity contribution is 7.89. The van der Waals surface area contributed by atoms with Crippen molar-refractivity contribution in [3.05, 3.63) is 66.1 Å². The van der Waals surface area contributed by atoms with Crippen LogP contribution in [-0.4, -0.2) is 26.6 Å². The lowest BCUT2D eigenvalue weighted by molar-refractivity contribution is 0.314. The van der Waals surface area contributed by atoms with Gasteiger partial charge in [0.15, 0.2) is 17.5 Å². The summed E-state index contributed by atoms with van der Waals surface area (Å²) >= 11 is 0. The van der Waals surface area contributed by atoms with E-state index in [1.54, 1.807) is 18.3 Å². The molecule has 0 spiro atoms. The molecule has 142 valence electrons.